The fourth-order valence-corrected chi connectivity index (χ4v) is 4.07. The standard InChI is InChI=1S/C15H24N4O4S/c1-24(21,22)18-10-13-4-6-16-19(13)14(11-18)5-9-23-12-15(20)17-7-2-3-8-17/h4,6,14H,2-3,5,7-12H2,1H3. The SMILES string of the molecule is CS(=O)(=O)N1Cc2ccnn2C(CCOCC(=O)N2CCCC2)C1. The van der Waals surface area contributed by atoms with E-state index in [1.54, 1.807) is 6.20 Å². The van der Waals surface area contributed by atoms with Crippen molar-refractivity contribution in [2.24, 2.45) is 0 Å². The van der Waals surface area contributed by atoms with Crippen LogP contribution in [-0.4, -0.2) is 72.4 Å². The number of ether oxygens (including phenoxy) is 1. The number of rotatable bonds is 6. The van der Waals surface area contributed by atoms with Crippen LogP contribution in [0.2, 0.25) is 0 Å². The molecule has 0 saturated carbocycles. The second-order valence-corrected chi connectivity index (χ2v) is 8.39. The zero-order valence-electron chi connectivity index (χ0n) is 13.9. The van der Waals surface area contributed by atoms with Crippen molar-refractivity contribution in [1.82, 2.24) is 19.0 Å². The quantitative estimate of drug-likeness (QED) is 0.681. The Morgan fingerprint density at radius 2 is 2.12 bits per heavy atom. The van der Waals surface area contributed by atoms with E-state index in [0.717, 1.165) is 31.6 Å². The van der Waals surface area contributed by atoms with Gasteiger partial charge in [-0.2, -0.15) is 9.40 Å². The predicted octanol–water partition coefficient (Wildman–Crippen LogP) is 0.229. The van der Waals surface area contributed by atoms with Gasteiger partial charge in [0.25, 0.3) is 0 Å². The molecule has 1 aromatic heterocycles. The number of fused-ring (bicyclic) bond motifs is 1. The smallest absolute Gasteiger partial charge is 0.248 e. The van der Waals surface area contributed by atoms with E-state index in [1.165, 1.54) is 10.6 Å². The van der Waals surface area contributed by atoms with E-state index in [9.17, 15) is 13.2 Å². The van der Waals surface area contributed by atoms with Gasteiger partial charge in [0, 0.05) is 32.4 Å². The molecule has 1 unspecified atom stereocenters. The van der Waals surface area contributed by atoms with Crippen LogP contribution in [0.1, 0.15) is 31.0 Å². The number of likely N-dealkylation sites (tertiary alicyclic amines) is 1. The molecule has 2 aliphatic rings. The van der Waals surface area contributed by atoms with Crippen molar-refractivity contribution in [1.29, 1.82) is 0 Å². The van der Waals surface area contributed by atoms with E-state index in [1.807, 2.05) is 15.6 Å². The summed E-state index contributed by atoms with van der Waals surface area (Å²) in [5.41, 5.74) is 0.879. The van der Waals surface area contributed by atoms with E-state index in [2.05, 4.69) is 5.10 Å². The molecule has 0 aromatic carbocycles. The van der Waals surface area contributed by atoms with Gasteiger partial charge in [-0.1, -0.05) is 0 Å². The number of nitrogens with zero attached hydrogens (tertiary/aromatic N) is 4. The fraction of sp³-hybridized carbons (Fsp3) is 0.733. The van der Waals surface area contributed by atoms with Crippen molar-refractivity contribution in [2.45, 2.75) is 31.8 Å². The van der Waals surface area contributed by atoms with Gasteiger partial charge in [-0.05, 0) is 25.3 Å². The molecule has 3 heterocycles. The fourth-order valence-electron chi connectivity index (χ4n) is 3.26. The Morgan fingerprint density at radius 1 is 1.38 bits per heavy atom. The minimum absolute atomic E-state index is 0.0358. The molecule has 1 aromatic rings. The van der Waals surface area contributed by atoms with Crippen LogP contribution in [0.3, 0.4) is 0 Å². The van der Waals surface area contributed by atoms with Gasteiger partial charge in [-0.25, -0.2) is 8.42 Å². The number of hydrogen-bond donors (Lipinski definition) is 0. The van der Waals surface area contributed by atoms with Gasteiger partial charge in [-0.3, -0.25) is 9.48 Å². The lowest BCUT2D eigenvalue weighted by molar-refractivity contribution is -0.135. The monoisotopic (exact) mass is 356 g/mol. The van der Waals surface area contributed by atoms with E-state index < -0.39 is 10.0 Å². The zero-order valence-corrected chi connectivity index (χ0v) is 14.7. The summed E-state index contributed by atoms with van der Waals surface area (Å²) in [6, 6.07) is 1.77. The summed E-state index contributed by atoms with van der Waals surface area (Å²) in [5, 5.41) is 4.30. The maximum absolute atomic E-state index is 11.9. The van der Waals surface area contributed by atoms with Gasteiger partial charge in [0.05, 0.1) is 24.5 Å². The lowest BCUT2D eigenvalue weighted by Crippen LogP contribution is -2.41. The lowest BCUT2D eigenvalue weighted by atomic mass is 10.1. The van der Waals surface area contributed by atoms with Crippen LogP contribution in [0.15, 0.2) is 12.3 Å². The van der Waals surface area contributed by atoms with Gasteiger partial charge in [0.1, 0.15) is 6.61 Å². The molecule has 1 saturated heterocycles. The Kier molecular flexibility index (Phi) is 5.21. The highest BCUT2D eigenvalue weighted by Gasteiger charge is 2.30. The van der Waals surface area contributed by atoms with Gasteiger partial charge in [-0.15, -0.1) is 0 Å². The topological polar surface area (TPSA) is 84.7 Å². The van der Waals surface area contributed by atoms with E-state index in [-0.39, 0.29) is 18.6 Å². The molecule has 1 atom stereocenters. The molecule has 0 bridgehead atoms. The Labute approximate surface area is 142 Å². The molecular weight excluding hydrogens is 332 g/mol. The average molecular weight is 356 g/mol. The molecule has 0 N–H and O–H groups in total. The van der Waals surface area contributed by atoms with Crippen molar-refractivity contribution >= 4 is 15.9 Å². The number of carbonyl (C=O) groups is 1. The summed E-state index contributed by atoms with van der Waals surface area (Å²) < 4.78 is 32.5. The zero-order chi connectivity index (χ0) is 17.2. The maximum atomic E-state index is 11.9. The third kappa shape index (κ3) is 3.96. The molecule has 3 rings (SSSR count). The molecular formula is C15H24N4O4S. The first-order valence-corrected chi connectivity index (χ1v) is 10.1. The largest absolute Gasteiger partial charge is 0.372 e. The van der Waals surface area contributed by atoms with E-state index in [0.29, 0.717) is 26.1 Å². The Balaban J connectivity index is 1.52. The molecule has 8 nitrogen and oxygen atoms in total. The van der Waals surface area contributed by atoms with Crippen LogP contribution in [0, 0.1) is 0 Å². The molecule has 0 spiro atoms. The van der Waals surface area contributed by atoms with Gasteiger partial charge >= 0.3 is 0 Å². The molecule has 9 heteroatoms. The molecule has 134 valence electrons. The Bertz CT molecular complexity index is 681. The molecule has 1 fully saturated rings. The second-order valence-electron chi connectivity index (χ2n) is 6.41. The Morgan fingerprint density at radius 3 is 2.83 bits per heavy atom. The van der Waals surface area contributed by atoms with Crippen LogP contribution in [0.25, 0.3) is 0 Å². The summed E-state index contributed by atoms with van der Waals surface area (Å²) in [5.74, 6) is 0.0358. The van der Waals surface area contributed by atoms with Gasteiger partial charge in [0.15, 0.2) is 0 Å². The molecule has 1 amide bonds. The summed E-state index contributed by atoms with van der Waals surface area (Å²) >= 11 is 0. The minimum atomic E-state index is -3.24. The first-order chi connectivity index (χ1) is 11.4. The van der Waals surface area contributed by atoms with Gasteiger partial charge < -0.3 is 9.64 Å². The number of hydrogen-bond acceptors (Lipinski definition) is 5. The normalized spacial score (nSPS) is 21.9. The number of carbonyl (C=O) groups excluding carboxylic acids is 1. The maximum Gasteiger partial charge on any atom is 0.248 e. The van der Waals surface area contributed by atoms with Crippen LogP contribution < -0.4 is 0 Å². The average Bonchev–Trinajstić information content (AvgIpc) is 3.20. The van der Waals surface area contributed by atoms with Crippen molar-refractivity contribution in [3.63, 3.8) is 0 Å². The number of sulfonamides is 1. The summed E-state index contributed by atoms with van der Waals surface area (Å²) in [4.78, 5) is 13.8. The molecule has 24 heavy (non-hydrogen) atoms. The second kappa shape index (κ2) is 7.20. The number of aromatic nitrogens is 2. The van der Waals surface area contributed by atoms with Crippen LogP contribution in [-0.2, 0) is 26.1 Å². The molecule has 0 radical (unpaired) electrons. The highest BCUT2D eigenvalue weighted by Crippen LogP contribution is 2.24. The summed E-state index contributed by atoms with van der Waals surface area (Å²) in [6.45, 7) is 2.88. The first-order valence-electron chi connectivity index (χ1n) is 8.28. The van der Waals surface area contributed by atoms with Gasteiger partial charge in [0.2, 0.25) is 15.9 Å². The first kappa shape index (κ1) is 17.4. The molecule has 0 aliphatic carbocycles. The van der Waals surface area contributed by atoms with Crippen LogP contribution >= 0.6 is 0 Å². The summed E-state index contributed by atoms with van der Waals surface area (Å²) in [7, 11) is -3.24. The summed E-state index contributed by atoms with van der Waals surface area (Å²) in [6.07, 6.45) is 5.66. The number of amides is 1. The Hall–Kier alpha value is -1.45. The highest BCUT2D eigenvalue weighted by atomic mass is 32.2. The minimum Gasteiger partial charge on any atom is -0.372 e. The third-order valence-corrected chi connectivity index (χ3v) is 5.82. The van der Waals surface area contributed by atoms with Crippen molar-refractivity contribution in [3.05, 3.63) is 18.0 Å². The van der Waals surface area contributed by atoms with E-state index in [4.69, 9.17) is 4.74 Å². The van der Waals surface area contributed by atoms with Crippen molar-refractivity contribution in [3.8, 4) is 0 Å². The predicted molar refractivity (Wildman–Crippen MR) is 87.8 cm³/mol. The highest BCUT2D eigenvalue weighted by molar-refractivity contribution is 7.88. The van der Waals surface area contributed by atoms with Crippen LogP contribution in [0.4, 0.5) is 0 Å². The molecule has 2 aliphatic heterocycles. The van der Waals surface area contributed by atoms with Crippen molar-refractivity contribution in [2.75, 3.05) is 39.1 Å². The van der Waals surface area contributed by atoms with Crippen LogP contribution in [0.5, 0.6) is 0 Å². The van der Waals surface area contributed by atoms with E-state index >= 15 is 0 Å². The third-order valence-electron chi connectivity index (χ3n) is 4.60. The lowest BCUT2D eigenvalue weighted by Gasteiger charge is -2.32. The van der Waals surface area contributed by atoms with Crippen molar-refractivity contribution < 1.29 is 17.9 Å².